The molecule has 1 fully saturated rings. The summed E-state index contributed by atoms with van der Waals surface area (Å²) in [6.07, 6.45) is 22.0. The third-order valence-electron chi connectivity index (χ3n) is 4.74. The summed E-state index contributed by atoms with van der Waals surface area (Å²) in [7, 11) is 0. The van der Waals surface area contributed by atoms with Gasteiger partial charge < -0.3 is 0 Å². The molecule has 0 heterocycles. The fourth-order valence-electron chi connectivity index (χ4n) is 3.33. The number of halogens is 1. The molecule has 0 aromatic carbocycles. The molecule has 0 amide bonds. The van der Waals surface area contributed by atoms with E-state index in [2.05, 4.69) is 22.9 Å². The lowest BCUT2D eigenvalue weighted by Crippen LogP contribution is -2.13. The molecule has 0 nitrogen and oxygen atoms in total. The topological polar surface area (TPSA) is 0 Å². The second-order valence-corrected chi connectivity index (χ2v) is 7.88. The van der Waals surface area contributed by atoms with Gasteiger partial charge in [-0.3, -0.25) is 0 Å². The summed E-state index contributed by atoms with van der Waals surface area (Å²) in [5.41, 5.74) is 0. The Morgan fingerprint density at radius 3 is 1.68 bits per heavy atom. The molecule has 0 atom stereocenters. The molecule has 0 aromatic heterocycles. The zero-order valence-corrected chi connectivity index (χ0v) is 14.7. The average Bonchev–Trinajstić information content (AvgIpc) is 2.43. The van der Waals surface area contributed by atoms with E-state index < -0.39 is 0 Å². The van der Waals surface area contributed by atoms with Crippen LogP contribution in [0.5, 0.6) is 0 Å². The molecule has 0 N–H and O–H groups in total. The fraction of sp³-hybridized carbons (Fsp3) is 1.00. The quantitative estimate of drug-likeness (QED) is 0.276. The van der Waals surface area contributed by atoms with E-state index in [0.29, 0.717) is 0 Å². The molecule has 114 valence electrons. The van der Waals surface area contributed by atoms with Gasteiger partial charge in [0.15, 0.2) is 0 Å². The Balaban J connectivity index is 1.76. The molecule has 1 aliphatic carbocycles. The fourth-order valence-corrected chi connectivity index (χ4v) is 3.86. The Morgan fingerprint density at radius 2 is 1.16 bits per heavy atom. The Kier molecular flexibility index (Phi) is 11.3. The number of rotatable bonds is 11. The van der Waals surface area contributed by atoms with E-state index in [1.807, 2.05) is 0 Å². The predicted molar refractivity (Wildman–Crippen MR) is 91.1 cm³/mol. The third kappa shape index (κ3) is 9.93. The molecule has 1 saturated carbocycles. The van der Waals surface area contributed by atoms with Crippen molar-refractivity contribution < 1.29 is 0 Å². The van der Waals surface area contributed by atoms with Crippen molar-refractivity contribution in [1.29, 1.82) is 0 Å². The van der Waals surface area contributed by atoms with Crippen molar-refractivity contribution in [3.8, 4) is 0 Å². The van der Waals surface area contributed by atoms with Crippen molar-refractivity contribution in [3.63, 3.8) is 0 Å². The molecule has 1 rings (SSSR count). The lowest BCUT2D eigenvalue weighted by Gasteiger charge is -2.25. The van der Waals surface area contributed by atoms with E-state index >= 15 is 0 Å². The van der Waals surface area contributed by atoms with E-state index in [1.54, 1.807) is 0 Å². The van der Waals surface area contributed by atoms with Gasteiger partial charge >= 0.3 is 0 Å². The van der Waals surface area contributed by atoms with Crippen molar-refractivity contribution in [3.05, 3.63) is 0 Å². The molecule has 0 bridgehead atoms. The standard InChI is InChI=1S/C18H35Br/c1-2-3-4-5-6-7-8-9-10-11-12-17-13-15-18(19)16-14-17/h17-18H,2-16H2,1H3. The van der Waals surface area contributed by atoms with E-state index in [-0.39, 0.29) is 0 Å². The summed E-state index contributed by atoms with van der Waals surface area (Å²) in [4.78, 5) is 0.830. The van der Waals surface area contributed by atoms with Crippen LogP contribution in [-0.4, -0.2) is 4.83 Å². The molecule has 1 aliphatic rings. The second-order valence-electron chi connectivity index (χ2n) is 6.59. The molecule has 0 unspecified atom stereocenters. The summed E-state index contributed by atoms with van der Waals surface area (Å²) >= 11 is 3.75. The molecule has 0 saturated heterocycles. The Morgan fingerprint density at radius 1 is 0.684 bits per heavy atom. The van der Waals surface area contributed by atoms with Gasteiger partial charge in [0.25, 0.3) is 0 Å². The Labute approximate surface area is 130 Å². The largest absolute Gasteiger partial charge is 0.0891 e. The number of hydrogen-bond donors (Lipinski definition) is 0. The minimum atomic E-state index is 0.830. The van der Waals surface area contributed by atoms with Gasteiger partial charge in [-0.05, 0) is 31.6 Å². The van der Waals surface area contributed by atoms with Crippen LogP contribution < -0.4 is 0 Å². The van der Waals surface area contributed by atoms with Crippen LogP contribution in [0.3, 0.4) is 0 Å². The summed E-state index contributed by atoms with van der Waals surface area (Å²) < 4.78 is 0. The number of alkyl halides is 1. The van der Waals surface area contributed by atoms with Crippen LogP contribution in [0.15, 0.2) is 0 Å². The number of hydrogen-bond acceptors (Lipinski definition) is 0. The van der Waals surface area contributed by atoms with E-state index in [1.165, 1.54) is 96.3 Å². The number of unbranched alkanes of at least 4 members (excludes halogenated alkanes) is 9. The molecular formula is C18H35Br. The van der Waals surface area contributed by atoms with Crippen LogP contribution >= 0.6 is 15.9 Å². The third-order valence-corrected chi connectivity index (χ3v) is 5.66. The first-order chi connectivity index (χ1) is 9.33. The zero-order valence-electron chi connectivity index (χ0n) is 13.1. The van der Waals surface area contributed by atoms with Gasteiger partial charge in [0.1, 0.15) is 0 Å². The van der Waals surface area contributed by atoms with Crippen molar-refractivity contribution in [2.75, 3.05) is 0 Å². The SMILES string of the molecule is CCCCCCCCCCCCC1CCC(Br)CC1. The summed E-state index contributed by atoms with van der Waals surface area (Å²) in [5.74, 6) is 1.06. The zero-order chi connectivity index (χ0) is 13.8. The van der Waals surface area contributed by atoms with Gasteiger partial charge in [-0.1, -0.05) is 93.5 Å². The maximum Gasteiger partial charge on any atom is 0.0146 e. The van der Waals surface area contributed by atoms with Gasteiger partial charge in [0.2, 0.25) is 0 Å². The maximum absolute atomic E-state index is 3.75. The molecule has 0 aromatic rings. The highest BCUT2D eigenvalue weighted by Crippen LogP contribution is 2.31. The van der Waals surface area contributed by atoms with Crippen LogP contribution in [0, 0.1) is 5.92 Å². The van der Waals surface area contributed by atoms with Crippen molar-refractivity contribution in [2.45, 2.75) is 108 Å². The highest BCUT2D eigenvalue weighted by Gasteiger charge is 2.18. The highest BCUT2D eigenvalue weighted by atomic mass is 79.9. The van der Waals surface area contributed by atoms with Crippen LogP contribution in [0.2, 0.25) is 0 Å². The van der Waals surface area contributed by atoms with E-state index in [9.17, 15) is 0 Å². The summed E-state index contributed by atoms with van der Waals surface area (Å²) in [6.45, 7) is 2.30. The first kappa shape index (κ1) is 17.5. The van der Waals surface area contributed by atoms with E-state index in [0.717, 1.165) is 10.7 Å². The van der Waals surface area contributed by atoms with Gasteiger partial charge in [0.05, 0.1) is 0 Å². The minimum Gasteiger partial charge on any atom is -0.0891 e. The lowest BCUT2D eigenvalue weighted by molar-refractivity contribution is 0.335. The minimum absolute atomic E-state index is 0.830. The summed E-state index contributed by atoms with van der Waals surface area (Å²) in [5, 5.41) is 0. The monoisotopic (exact) mass is 330 g/mol. The average molecular weight is 331 g/mol. The van der Waals surface area contributed by atoms with Crippen LogP contribution in [0.4, 0.5) is 0 Å². The van der Waals surface area contributed by atoms with Gasteiger partial charge in [-0.2, -0.15) is 0 Å². The van der Waals surface area contributed by atoms with Crippen molar-refractivity contribution in [2.24, 2.45) is 5.92 Å². The maximum atomic E-state index is 3.75. The lowest BCUT2D eigenvalue weighted by atomic mass is 9.85. The van der Waals surface area contributed by atoms with Crippen LogP contribution in [0.1, 0.15) is 103 Å². The molecule has 1 heteroatoms. The summed E-state index contributed by atoms with van der Waals surface area (Å²) in [6, 6.07) is 0. The van der Waals surface area contributed by atoms with Crippen molar-refractivity contribution >= 4 is 15.9 Å². The van der Waals surface area contributed by atoms with Crippen LogP contribution in [-0.2, 0) is 0 Å². The molecule has 0 radical (unpaired) electrons. The van der Waals surface area contributed by atoms with Crippen LogP contribution in [0.25, 0.3) is 0 Å². The van der Waals surface area contributed by atoms with E-state index in [4.69, 9.17) is 0 Å². The molecule has 19 heavy (non-hydrogen) atoms. The Hall–Kier alpha value is 0.480. The second kappa shape index (κ2) is 12.2. The predicted octanol–water partition coefficient (Wildman–Crippen LogP) is 7.25. The molecule has 0 spiro atoms. The molecular weight excluding hydrogens is 296 g/mol. The van der Waals surface area contributed by atoms with Crippen molar-refractivity contribution in [1.82, 2.24) is 0 Å². The van der Waals surface area contributed by atoms with Gasteiger partial charge in [-0.25, -0.2) is 0 Å². The first-order valence-corrected chi connectivity index (χ1v) is 9.88. The first-order valence-electron chi connectivity index (χ1n) is 8.97. The normalized spacial score (nSPS) is 23.7. The smallest absolute Gasteiger partial charge is 0.0146 e. The molecule has 0 aliphatic heterocycles. The van der Waals surface area contributed by atoms with Gasteiger partial charge in [0, 0.05) is 4.83 Å². The Bertz CT molecular complexity index is 182. The highest BCUT2D eigenvalue weighted by molar-refractivity contribution is 9.09. The van der Waals surface area contributed by atoms with Gasteiger partial charge in [-0.15, -0.1) is 0 Å².